The van der Waals surface area contributed by atoms with Crippen LogP contribution in [-0.4, -0.2) is 58.7 Å². The normalized spacial score (nSPS) is 31.9. The SMILES string of the molecule is O=C(CC1CCSCC1)NC1CCN(C2CCCCC2O)CC1. The van der Waals surface area contributed by atoms with Crippen LogP contribution in [0.4, 0.5) is 0 Å². The van der Waals surface area contributed by atoms with E-state index in [9.17, 15) is 9.90 Å². The molecular weight excluding hydrogens is 308 g/mol. The van der Waals surface area contributed by atoms with Gasteiger partial charge in [-0.15, -0.1) is 0 Å². The van der Waals surface area contributed by atoms with Crippen molar-refractivity contribution in [3.63, 3.8) is 0 Å². The molecular formula is C18H32N2O2S. The molecule has 0 aromatic rings. The smallest absolute Gasteiger partial charge is 0.220 e. The minimum atomic E-state index is -0.140. The molecule has 3 rings (SSSR count). The summed E-state index contributed by atoms with van der Waals surface area (Å²) >= 11 is 2.02. The van der Waals surface area contributed by atoms with Crippen molar-refractivity contribution in [3.8, 4) is 0 Å². The number of hydrogen-bond acceptors (Lipinski definition) is 4. The lowest BCUT2D eigenvalue weighted by molar-refractivity contribution is -0.123. The fourth-order valence-electron chi connectivity index (χ4n) is 4.39. The van der Waals surface area contributed by atoms with Gasteiger partial charge in [0.25, 0.3) is 0 Å². The van der Waals surface area contributed by atoms with E-state index in [2.05, 4.69) is 10.2 Å². The molecule has 2 unspecified atom stereocenters. The van der Waals surface area contributed by atoms with E-state index in [1.807, 2.05) is 11.8 Å². The van der Waals surface area contributed by atoms with Gasteiger partial charge in [-0.3, -0.25) is 9.69 Å². The van der Waals surface area contributed by atoms with Crippen LogP contribution in [0.5, 0.6) is 0 Å². The largest absolute Gasteiger partial charge is 0.391 e. The van der Waals surface area contributed by atoms with E-state index in [-0.39, 0.29) is 12.0 Å². The second-order valence-electron chi connectivity index (χ2n) is 7.56. The van der Waals surface area contributed by atoms with Crippen molar-refractivity contribution in [2.45, 2.75) is 76.0 Å². The summed E-state index contributed by atoms with van der Waals surface area (Å²) in [7, 11) is 0. The van der Waals surface area contributed by atoms with Crippen LogP contribution in [0.2, 0.25) is 0 Å². The van der Waals surface area contributed by atoms with E-state index in [1.54, 1.807) is 0 Å². The fraction of sp³-hybridized carbons (Fsp3) is 0.944. The monoisotopic (exact) mass is 340 g/mol. The lowest BCUT2D eigenvalue weighted by atomic mass is 9.89. The molecule has 0 spiro atoms. The van der Waals surface area contributed by atoms with Gasteiger partial charge in [0.15, 0.2) is 0 Å². The van der Waals surface area contributed by atoms with Crippen LogP contribution in [0.15, 0.2) is 0 Å². The fourth-order valence-corrected chi connectivity index (χ4v) is 5.60. The quantitative estimate of drug-likeness (QED) is 0.825. The highest BCUT2D eigenvalue weighted by atomic mass is 32.2. The van der Waals surface area contributed by atoms with E-state index in [1.165, 1.54) is 37.2 Å². The summed E-state index contributed by atoms with van der Waals surface area (Å²) in [6.45, 7) is 2.04. The zero-order valence-electron chi connectivity index (χ0n) is 14.2. The number of thioether (sulfide) groups is 1. The van der Waals surface area contributed by atoms with Gasteiger partial charge in [-0.25, -0.2) is 0 Å². The van der Waals surface area contributed by atoms with Crippen LogP contribution in [-0.2, 0) is 4.79 Å². The average Bonchev–Trinajstić information content (AvgIpc) is 2.57. The van der Waals surface area contributed by atoms with Gasteiger partial charge in [0.1, 0.15) is 0 Å². The molecule has 5 heteroatoms. The number of likely N-dealkylation sites (tertiary alicyclic amines) is 1. The highest BCUT2D eigenvalue weighted by Crippen LogP contribution is 2.27. The van der Waals surface area contributed by atoms with E-state index >= 15 is 0 Å². The molecule has 1 amide bonds. The summed E-state index contributed by atoms with van der Waals surface area (Å²) in [5.41, 5.74) is 0. The molecule has 3 aliphatic rings. The lowest BCUT2D eigenvalue weighted by Crippen LogP contribution is -2.52. The van der Waals surface area contributed by atoms with Crippen molar-refractivity contribution in [1.82, 2.24) is 10.2 Å². The van der Waals surface area contributed by atoms with Gasteiger partial charge in [0.2, 0.25) is 5.91 Å². The summed E-state index contributed by atoms with van der Waals surface area (Å²) in [5.74, 6) is 3.31. The van der Waals surface area contributed by atoms with Gasteiger partial charge < -0.3 is 10.4 Å². The van der Waals surface area contributed by atoms with Crippen LogP contribution in [0.25, 0.3) is 0 Å². The van der Waals surface area contributed by atoms with Crippen molar-refractivity contribution in [3.05, 3.63) is 0 Å². The number of carbonyl (C=O) groups excluding carboxylic acids is 1. The van der Waals surface area contributed by atoms with Gasteiger partial charge in [0, 0.05) is 31.6 Å². The van der Waals surface area contributed by atoms with Gasteiger partial charge in [-0.05, 0) is 55.9 Å². The molecule has 2 aliphatic heterocycles. The molecule has 0 aromatic heterocycles. The topological polar surface area (TPSA) is 52.6 Å². The third-order valence-corrected chi connectivity index (χ3v) is 6.92. The Kier molecular flexibility index (Phi) is 6.66. The number of nitrogens with one attached hydrogen (secondary N) is 1. The molecule has 2 N–H and O–H groups in total. The second-order valence-corrected chi connectivity index (χ2v) is 8.78. The summed E-state index contributed by atoms with van der Waals surface area (Å²) < 4.78 is 0. The number of rotatable bonds is 4. The molecule has 2 saturated heterocycles. The number of piperidine rings is 1. The van der Waals surface area contributed by atoms with Crippen molar-refractivity contribution < 1.29 is 9.90 Å². The molecule has 1 saturated carbocycles. The van der Waals surface area contributed by atoms with Crippen LogP contribution in [0.3, 0.4) is 0 Å². The maximum absolute atomic E-state index is 12.2. The molecule has 0 aromatic carbocycles. The molecule has 0 radical (unpaired) electrons. The van der Waals surface area contributed by atoms with Gasteiger partial charge in [-0.1, -0.05) is 12.8 Å². The summed E-state index contributed by atoms with van der Waals surface area (Å²) in [6, 6.07) is 0.706. The second kappa shape index (κ2) is 8.72. The molecule has 23 heavy (non-hydrogen) atoms. The van der Waals surface area contributed by atoms with E-state index in [0.717, 1.165) is 45.2 Å². The third kappa shape index (κ3) is 5.10. The minimum Gasteiger partial charge on any atom is -0.391 e. The summed E-state index contributed by atoms with van der Waals surface area (Å²) in [6.07, 6.45) is 9.58. The molecule has 3 fully saturated rings. The number of nitrogens with zero attached hydrogens (tertiary/aromatic N) is 1. The predicted octanol–water partition coefficient (Wildman–Crippen LogP) is 2.40. The Balaban J connectivity index is 1.37. The maximum Gasteiger partial charge on any atom is 0.220 e. The first-order chi connectivity index (χ1) is 11.2. The van der Waals surface area contributed by atoms with Crippen molar-refractivity contribution in [1.29, 1.82) is 0 Å². The van der Waals surface area contributed by atoms with E-state index in [0.29, 0.717) is 18.0 Å². The maximum atomic E-state index is 12.2. The Bertz CT molecular complexity index is 379. The van der Waals surface area contributed by atoms with E-state index in [4.69, 9.17) is 0 Å². The Hall–Kier alpha value is -0.260. The lowest BCUT2D eigenvalue weighted by Gasteiger charge is -2.41. The van der Waals surface area contributed by atoms with Crippen molar-refractivity contribution in [2.24, 2.45) is 5.92 Å². The van der Waals surface area contributed by atoms with Crippen LogP contribution in [0.1, 0.15) is 57.8 Å². The number of aliphatic hydroxyl groups excluding tert-OH is 1. The predicted molar refractivity (Wildman–Crippen MR) is 95.7 cm³/mol. The van der Waals surface area contributed by atoms with Crippen LogP contribution in [0, 0.1) is 5.92 Å². The van der Waals surface area contributed by atoms with E-state index < -0.39 is 0 Å². The Morgan fingerprint density at radius 2 is 1.74 bits per heavy atom. The van der Waals surface area contributed by atoms with Crippen LogP contribution >= 0.6 is 11.8 Å². The number of hydrogen-bond donors (Lipinski definition) is 2. The highest BCUT2D eigenvalue weighted by Gasteiger charge is 2.31. The first-order valence-electron chi connectivity index (χ1n) is 9.51. The Morgan fingerprint density at radius 1 is 1.04 bits per heavy atom. The Labute approximate surface area is 144 Å². The molecule has 2 atom stereocenters. The summed E-state index contributed by atoms with van der Waals surface area (Å²) in [5, 5.41) is 13.5. The standard InChI is InChI=1S/C18H32N2O2S/c21-17-4-2-1-3-16(17)20-9-5-15(6-10-20)19-18(22)13-14-7-11-23-12-8-14/h14-17,21H,1-13H2,(H,19,22). The molecule has 2 heterocycles. The first-order valence-corrected chi connectivity index (χ1v) is 10.7. The summed E-state index contributed by atoms with van der Waals surface area (Å²) in [4.78, 5) is 14.7. The molecule has 132 valence electrons. The minimum absolute atomic E-state index is 0.140. The Morgan fingerprint density at radius 3 is 2.43 bits per heavy atom. The van der Waals surface area contributed by atoms with Crippen molar-refractivity contribution in [2.75, 3.05) is 24.6 Å². The van der Waals surface area contributed by atoms with Gasteiger partial charge >= 0.3 is 0 Å². The van der Waals surface area contributed by atoms with Crippen molar-refractivity contribution >= 4 is 17.7 Å². The number of aliphatic hydroxyl groups is 1. The molecule has 4 nitrogen and oxygen atoms in total. The highest BCUT2D eigenvalue weighted by molar-refractivity contribution is 7.99. The van der Waals surface area contributed by atoms with Gasteiger partial charge in [-0.2, -0.15) is 11.8 Å². The average molecular weight is 341 g/mol. The molecule has 1 aliphatic carbocycles. The van der Waals surface area contributed by atoms with Crippen LogP contribution < -0.4 is 5.32 Å². The molecule has 0 bridgehead atoms. The third-order valence-electron chi connectivity index (χ3n) is 5.87. The zero-order chi connectivity index (χ0) is 16.1. The van der Waals surface area contributed by atoms with Gasteiger partial charge in [0.05, 0.1) is 6.10 Å². The number of amides is 1. The number of carbonyl (C=O) groups is 1. The first kappa shape index (κ1) is 17.6. The zero-order valence-corrected chi connectivity index (χ0v) is 15.0.